The summed E-state index contributed by atoms with van der Waals surface area (Å²) in [6, 6.07) is 12.9. The fourth-order valence-electron chi connectivity index (χ4n) is 3.38. The van der Waals surface area contributed by atoms with Crippen LogP contribution in [0.1, 0.15) is 12.0 Å². The van der Waals surface area contributed by atoms with Crippen molar-refractivity contribution in [2.24, 2.45) is 5.73 Å². The third-order valence-electron chi connectivity index (χ3n) is 4.81. The van der Waals surface area contributed by atoms with Crippen molar-refractivity contribution in [3.8, 4) is 11.1 Å². The Hall–Kier alpha value is -2.48. The van der Waals surface area contributed by atoms with Crippen LogP contribution in [-0.2, 0) is 0 Å². The number of hydrogen-bond acceptors (Lipinski definition) is 5. The summed E-state index contributed by atoms with van der Waals surface area (Å²) in [6.45, 7) is 4.39. The minimum Gasteiger partial charge on any atom is -0.361 e. The van der Waals surface area contributed by atoms with Crippen LogP contribution in [0.4, 0.5) is 4.39 Å². The van der Waals surface area contributed by atoms with Gasteiger partial charge in [-0.05, 0) is 31.3 Å². The molecule has 1 fully saturated rings. The molecular formula is C21H24FN5S. The van der Waals surface area contributed by atoms with Crippen LogP contribution in [-0.4, -0.2) is 46.7 Å². The SMILES string of the molecule is C=N.N=C(SCN1CCC(N)C1)c1ccc2[nH]cc(-c3ccccc3F)c2c1. The fourth-order valence-corrected chi connectivity index (χ4v) is 4.22. The first-order valence-corrected chi connectivity index (χ1v) is 10.0. The first-order valence-electron chi connectivity index (χ1n) is 9.03. The Morgan fingerprint density at radius 2 is 2.04 bits per heavy atom. The Balaban J connectivity index is 0.00000109. The number of thioether (sulfide) groups is 1. The van der Waals surface area contributed by atoms with E-state index in [1.807, 2.05) is 30.5 Å². The molecule has 146 valence electrons. The van der Waals surface area contributed by atoms with Gasteiger partial charge in [0.2, 0.25) is 0 Å². The first kappa shape index (κ1) is 20.3. The molecule has 2 heterocycles. The summed E-state index contributed by atoms with van der Waals surface area (Å²) in [5, 5.41) is 15.4. The van der Waals surface area contributed by atoms with Crippen LogP contribution in [0.25, 0.3) is 22.0 Å². The van der Waals surface area contributed by atoms with Gasteiger partial charge < -0.3 is 16.1 Å². The maximum Gasteiger partial charge on any atom is 0.131 e. The number of likely N-dealkylation sites (tertiary alicyclic amines) is 1. The molecule has 0 aliphatic carbocycles. The molecule has 1 aliphatic rings. The van der Waals surface area contributed by atoms with Crippen molar-refractivity contribution in [2.45, 2.75) is 12.5 Å². The summed E-state index contributed by atoms with van der Waals surface area (Å²) >= 11 is 1.51. The van der Waals surface area contributed by atoms with Gasteiger partial charge in [0, 0.05) is 52.9 Å². The van der Waals surface area contributed by atoms with E-state index in [0.717, 1.165) is 47.4 Å². The van der Waals surface area contributed by atoms with E-state index in [1.54, 1.807) is 12.1 Å². The van der Waals surface area contributed by atoms with Crippen molar-refractivity contribution < 1.29 is 4.39 Å². The van der Waals surface area contributed by atoms with Crippen LogP contribution in [0.15, 0.2) is 48.7 Å². The lowest BCUT2D eigenvalue weighted by Crippen LogP contribution is -2.26. The zero-order valence-electron chi connectivity index (χ0n) is 15.5. The second-order valence-electron chi connectivity index (χ2n) is 6.67. The van der Waals surface area contributed by atoms with E-state index in [-0.39, 0.29) is 11.9 Å². The van der Waals surface area contributed by atoms with Gasteiger partial charge in [-0.1, -0.05) is 36.0 Å². The topological polar surface area (TPSA) is 92.8 Å². The summed E-state index contributed by atoms with van der Waals surface area (Å²) in [6.07, 6.45) is 2.85. The average Bonchev–Trinajstić information content (AvgIpc) is 3.33. The number of fused-ring (bicyclic) bond motifs is 1. The van der Waals surface area contributed by atoms with E-state index in [9.17, 15) is 4.39 Å². The molecular weight excluding hydrogens is 373 g/mol. The highest BCUT2D eigenvalue weighted by molar-refractivity contribution is 8.14. The maximum atomic E-state index is 14.2. The van der Waals surface area contributed by atoms with Gasteiger partial charge in [0.1, 0.15) is 5.82 Å². The lowest BCUT2D eigenvalue weighted by molar-refractivity contribution is 0.396. The highest BCUT2D eigenvalue weighted by Crippen LogP contribution is 2.31. The molecule has 1 atom stereocenters. The molecule has 0 spiro atoms. The molecule has 1 aliphatic heterocycles. The number of aromatic nitrogens is 1. The van der Waals surface area contributed by atoms with Gasteiger partial charge in [-0.25, -0.2) is 4.39 Å². The molecule has 7 heteroatoms. The van der Waals surface area contributed by atoms with E-state index in [0.29, 0.717) is 10.6 Å². The maximum absolute atomic E-state index is 14.2. The molecule has 5 N–H and O–H groups in total. The first-order chi connectivity index (χ1) is 13.6. The van der Waals surface area contributed by atoms with Crippen LogP contribution in [0, 0.1) is 16.6 Å². The van der Waals surface area contributed by atoms with Crippen molar-refractivity contribution in [1.82, 2.24) is 9.88 Å². The van der Waals surface area contributed by atoms with Crippen LogP contribution >= 0.6 is 11.8 Å². The normalized spacial score (nSPS) is 16.7. The van der Waals surface area contributed by atoms with E-state index in [2.05, 4.69) is 16.6 Å². The Bertz CT molecular complexity index is 970. The Labute approximate surface area is 168 Å². The van der Waals surface area contributed by atoms with Crippen LogP contribution in [0.2, 0.25) is 0 Å². The zero-order chi connectivity index (χ0) is 20.1. The fraction of sp³-hybridized carbons (Fsp3) is 0.238. The summed E-state index contributed by atoms with van der Waals surface area (Å²) in [4.78, 5) is 5.48. The van der Waals surface area contributed by atoms with Gasteiger partial charge in [0.15, 0.2) is 0 Å². The van der Waals surface area contributed by atoms with Gasteiger partial charge >= 0.3 is 0 Å². The molecule has 0 radical (unpaired) electrons. The summed E-state index contributed by atoms with van der Waals surface area (Å²) in [5.74, 6) is 0.534. The molecule has 4 rings (SSSR count). The minimum absolute atomic E-state index is 0.242. The number of nitrogens with two attached hydrogens (primary N) is 1. The van der Waals surface area contributed by atoms with Crippen molar-refractivity contribution >= 4 is 34.4 Å². The number of halogens is 1. The van der Waals surface area contributed by atoms with E-state index < -0.39 is 0 Å². The molecule has 0 amide bonds. The Morgan fingerprint density at radius 3 is 2.75 bits per heavy atom. The highest BCUT2D eigenvalue weighted by atomic mass is 32.2. The number of hydrogen-bond donors (Lipinski definition) is 4. The van der Waals surface area contributed by atoms with Gasteiger partial charge in [-0.3, -0.25) is 10.3 Å². The van der Waals surface area contributed by atoms with Crippen LogP contribution < -0.4 is 5.73 Å². The molecule has 3 aromatic rings. The summed E-state index contributed by atoms with van der Waals surface area (Å²) in [5.41, 5.74) is 9.12. The number of aromatic amines is 1. The Kier molecular flexibility index (Phi) is 6.61. The Morgan fingerprint density at radius 1 is 1.25 bits per heavy atom. The van der Waals surface area contributed by atoms with E-state index in [4.69, 9.17) is 16.6 Å². The summed E-state index contributed by atoms with van der Waals surface area (Å²) in [7, 11) is 0. The summed E-state index contributed by atoms with van der Waals surface area (Å²) < 4.78 is 14.2. The van der Waals surface area contributed by atoms with Crippen LogP contribution in [0.5, 0.6) is 0 Å². The third kappa shape index (κ3) is 4.32. The van der Waals surface area contributed by atoms with E-state index >= 15 is 0 Å². The molecule has 1 aromatic heterocycles. The van der Waals surface area contributed by atoms with Gasteiger partial charge in [0.05, 0.1) is 10.9 Å². The lowest BCUT2D eigenvalue weighted by atomic mass is 10.0. The number of benzene rings is 2. The minimum atomic E-state index is -0.242. The third-order valence-corrected chi connectivity index (χ3v) is 5.83. The smallest absolute Gasteiger partial charge is 0.131 e. The molecule has 1 unspecified atom stereocenters. The standard InChI is InChI=1S/C20H21FN4S.CH3N/c21-18-4-2-1-3-15(18)17-10-24-19-6-5-13(9-16(17)19)20(23)26-12-25-8-7-14(22)11-25;1-2/h1-6,9-10,14,23-24H,7-8,11-12,22H2;2H,1H2. The molecule has 0 saturated carbocycles. The molecule has 1 saturated heterocycles. The lowest BCUT2D eigenvalue weighted by Gasteiger charge is -2.14. The molecule has 0 bridgehead atoms. The van der Waals surface area contributed by atoms with Gasteiger partial charge in [-0.2, -0.15) is 0 Å². The number of H-pyrrole nitrogens is 1. The van der Waals surface area contributed by atoms with Crippen molar-refractivity contribution in [3.63, 3.8) is 0 Å². The van der Waals surface area contributed by atoms with Crippen molar-refractivity contribution in [3.05, 3.63) is 60.0 Å². The largest absolute Gasteiger partial charge is 0.361 e. The number of nitrogens with one attached hydrogen (secondary N) is 3. The van der Waals surface area contributed by atoms with Gasteiger partial charge in [0.25, 0.3) is 0 Å². The molecule has 28 heavy (non-hydrogen) atoms. The second-order valence-corrected chi connectivity index (χ2v) is 7.63. The molecule has 5 nitrogen and oxygen atoms in total. The zero-order valence-corrected chi connectivity index (χ0v) is 16.4. The molecule has 2 aromatic carbocycles. The second kappa shape index (κ2) is 9.14. The quantitative estimate of drug-likeness (QED) is 0.391. The van der Waals surface area contributed by atoms with Gasteiger partial charge in [-0.15, -0.1) is 0 Å². The number of nitrogens with zero attached hydrogens (tertiary/aromatic N) is 1. The predicted octanol–water partition coefficient (Wildman–Crippen LogP) is 4.29. The van der Waals surface area contributed by atoms with Crippen molar-refractivity contribution in [1.29, 1.82) is 10.8 Å². The van der Waals surface area contributed by atoms with Crippen LogP contribution in [0.3, 0.4) is 0 Å². The highest BCUT2D eigenvalue weighted by Gasteiger charge is 2.19. The predicted molar refractivity (Wildman–Crippen MR) is 117 cm³/mol. The van der Waals surface area contributed by atoms with Crippen molar-refractivity contribution in [2.75, 3.05) is 19.0 Å². The number of rotatable bonds is 4. The van der Waals surface area contributed by atoms with E-state index in [1.165, 1.54) is 17.8 Å². The monoisotopic (exact) mass is 397 g/mol. The average molecular weight is 398 g/mol.